The van der Waals surface area contributed by atoms with Crippen LogP contribution in [0.3, 0.4) is 0 Å². The van der Waals surface area contributed by atoms with E-state index in [1.165, 1.54) is 0 Å². The van der Waals surface area contributed by atoms with Gasteiger partial charge in [-0.25, -0.2) is 4.98 Å². The Morgan fingerprint density at radius 1 is 1.21 bits per heavy atom. The molecule has 0 bridgehead atoms. The van der Waals surface area contributed by atoms with E-state index in [1.54, 1.807) is 6.20 Å². The quantitative estimate of drug-likeness (QED) is 0.879. The number of pyridine rings is 1. The van der Waals surface area contributed by atoms with Crippen LogP contribution in [0.1, 0.15) is 20.3 Å². The summed E-state index contributed by atoms with van der Waals surface area (Å²) >= 11 is 0. The van der Waals surface area contributed by atoms with Crippen molar-refractivity contribution in [2.75, 3.05) is 37.6 Å². The van der Waals surface area contributed by atoms with E-state index < -0.39 is 0 Å². The first kappa shape index (κ1) is 16.7. The van der Waals surface area contributed by atoms with Gasteiger partial charge in [-0.15, -0.1) is 0 Å². The summed E-state index contributed by atoms with van der Waals surface area (Å²) in [6, 6.07) is 5.87. The molecule has 2 aliphatic rings. The average Bonchev–Trinajstić information content (AvgIpc) is 3.41. The van der Waals surface area contributed by atoms with Gasteiger partial charge in [0, 0.05) is 38.9 Å². The van der Waals surface area contributed by atoms with Crippen molar-refractivity contribution in [3.05, 3.63) is 24.4 Å². The Balaban J connectivity index is 1.46. The molecule has 1 aromatic heterocycles. The lowest BCUT2D eigenvalue weighted by molar-refractivity contribution is -0.135. The minimum atomic E-state index is -0.120. The first-order chi connectivity index (χ1) is 11.6. The zero-order valence-electron chi connectivity index (χ0n) is 14.4. The molecule has 1 saturated heterocycles. The first-order valence-electron chi connectivity index (χ1n) is 8.78. The molecule has 6 heteroatoms. The molecule has 130 valence electrons. The molecular formula is C18H26N4O2. The van der Waals surface area contributed by atoms with Crippen molar-refractivity contribution < 1.29 is 9.59 Å². The third-order valence-corrected chi connectivity index (χ3v) is 4.69. The summed E-state index contributed by atoms with van der Waals surface area (Å²) in [5.41, 5.74) is 0. The van der Waals surface area contributed by atoms with Gasteiger partial charge in [0.1, 0.15) is 5.82 Å². The van der Waals surface area contributed by atoms with Gasteiger partial charge in [0.15, 0.2) is 0 Å². The van der Waals surface area contributed by atoms with Gasteiger partial charge in [-0.1, -0.05) is 19.9 Å². The number of carbonyl (C=O) groups is 2. The molecule has 0 aromatic carbocycles. The molecule has 1 aliphatic carbocycles. The highest BCUT2D eigenvalue weighted by molar-refractivity contribution is 5.92. The minimum Gasteiger partial charge on any atom is -0.356 e. The Labute approximate surface area is 143 Å². The molecule has 1 N–H and O–H groups in total. The van der Waals surface area contributed by atoms with Crippen LogP contribution >= 0.6 is 0 Å². The van der Waals surface area contributed by atoms with Crippen molar-refractivity contribution in [3.8, 4) is 0 Å². The fourth-order valence-electron chi connectivity index (χ4n) is 3.12. The highest BCUT2D eigenvalue weighted by atomic mass is 16.2. The number of amides is 2. The fourth-order valence-corrected chi connectivity index (χ4v) is 3.12. The number of hydrogen-bond acceptors (Lipinski definition) is 4. The summed E-state index contributed by atoms with van der Waals surface area (Å²) in [6.45, 7) is 7.80. The van der Waals surface area contributed by atoms with Crippen molar-refractivity contribution in [2.24, 2.45) is 17.8 Å². The van der Waals surface area contributed by atoms with Crippen LogP contribution in [0, 0.1) is 17.8 Å². The second kappa shape index (κ2) is 7.20. The van der Waals surface area contributed by atoms with E-state index in [2.05, 4.69) is 29.0 Å². The standard InChI is InChI=1S/C18H26N4O2/c1-13(2)12-20-17(23)14-11-15(14)18(24)22-9-7-21(8-10-22)16-5-3-4-6-19-16/h3-6,13-15H,7-12H2,1-2H3,(H,20,23). The summed E-state index contributed by atoms with van der Waals surface area (Å²) in [5.74, 6) is 1.33. The van der Waals surface area contributed by atoms with Gasteiger partial charge < -0.3 is 15.1 Å². The fraction of sp³-hybridized carbons (Fsp3) is 0.611. The van der Waals surface area contributed by atoms with Gasteiger partial charge in [-0.05, 0) is 24.5 Å². The smallest absolute Gasteiger partial charge is 0.226 e. The van der Waals surface area contributed by atoms with Gasteiger partial charge in [-0.2, -0.15) is 0 Å². The number of nitrogens with one attached hydrogen (secondary N) is 1. The lowest BCUT2D eigenvalue weighted by atomic mass is 10.2. The summed E-state index contributed by atoms with van der Waals surface area (Å²) in [6.07, 6.45) is 2.49. The molecule has 2 heterocycles. The van der Waals surface area contributed by atoms with Crippen LogP contribution in [0.25, 0.3) is 0 Å². The number of nitrogens with zero attached hydrogens (tertiary/aromatic N) is 3. The van der Waals surface area contributed by atoms with E-state index in [1.807, 2.05) is 23.1 Å². The molecule has 3 rings (SSSR count). The zero-order chi connectivity index (χ0) is 17.1. The van der Waals surface area contributed by atoms with Crippen LogP contribution in [0.2, 0.25) is 0 Å². The second-order valence-electron chi connectivity index (χ2n) is 7.09. The van der Waals surface area contributed by atoms with Gasteiger partial charge in [0.25, 0.3) is 0 Å². The summed E-state index contributed by atoms with van der Waals surface area (Å²) in [4.78, 5) is 33.1. The van der Waals surface area contributed by atoms with Crippen LogP contribution in [-0.4, -0.2) is 54.4 Å². The predicted octanol–water partition coefficient (Wildman–Crippen LogP) is 1.14. The van der Waals surface area contributed by atoms with E-state index in [-0.39, 0.29) is 23.7 Å². The van der Waals surface area contributed by atoms with Gasteiger partial charge >= 0.3 is 0 Å². The summed E-state index contributed by atoms with van der Waals surface area (Å²) in [5, 5.41) is 2.93. The maximum atomic E-state index is 12.6. The molecule has 0 spiro atoms. The van der Waals surface area contributed by atoms with Crippen LogP contribution in [0.4, 0.5) is 5.82 Å². The molecule has 0 radical (unpaired) electrons. The van der Waals surface area contributed by atoms with E-state index in [0.717, 1.165) is 18.9 Å². The highest BCUT2D eigenvalue weighted by Gasteiger charge is 2.49. The maximum Gasteiger partial charge on any atom is 0.226 e. The number of hydrogen-bond donors (Lipinski definition) is 1. The number of aromatic nitrogens is 1. The topological polar surface area (TPSA) is 65.5 Å². The minimum absolute atomic E-state index is 0.0363. The van der Waals surface area contributed by atoms with Crippen LogP contribution in [-0.2, 0) is 9.59 Å². The molecule has 1 saturated carbocycles. The second-order valence-corrected chi connectivity index (χ2v) is 7.09. The van der Waals surface area contributed by atoms with Crippen molar-refractivity contribution >= 4 is 17.6 Å². The van der Waals surface area contributed by atoms with Crippen LogP contribution in [0.5, 0.6) is 0 Å². The number of piperazine rings is 1. The molecular weight excluding hydrogens is 304 g/mol. The Hall–Kier alpha value is -2.11. The Morgan fingerprint density at radius 2 is 1.96 bits per heavy atom. The van der Waals surface area contributed by atoms with E-state index in [4.69, 9.17) is 0 Å². The third kappa shape index (κ3) is 3.86. The molecule has 6 nitrogen and oxygen atoms in total. The Bertz CT molecular complexity index is 582. The maximum absolute atomic E-state index is 12.6. The lowest BCUT2D eigenvalue weighted by Gasteiger charge is -2.35. The summed E-state index contributed by atoms with van der Waals surface area (Å²) in [7, 11) is 0. The van der Waals surface area contributed by atoms with Crippen molar-refractivity contribution in [1.29, 1.82) is 0 Å². The van der Waals surface area contributed by atoms with E-state index in [0.29, 0.717) is 32.0 Å². The van der Waals surface area contributed by atoms with E-state index >= 15 is 0 Å². The van der Waals surface area contributed by atoms with Gasteiger partial charge in [0.05, 0.1) is 11.8 Å². The molecule has 24 heavy (non-hydrogen) atoms. The number of anilines is 1. The number of rotatable bonds is 5. The predicted molar refractivity (Wildman–Crippen MR) is 92.5 cm³/mol. The normalized spacial score (nSPS) is 23.3. The van der Waals surface area contributed by atoms with E-state index in [9.17, 15) is 9.59 Å². The third-order valence-electron chi connectivity index (χ3n) is 4.69. The number of carbonyl (C=O) groups excluding carboxylic acids is 2. The lowest BCUT2D eigenvalue weighted by Crippen LogP contribution is -2.49. The van der Waals surface area contributed by atoms with Crippen molar-refractivity contribution in [2.45, 2.75) is 20.3 Å². The van der Waals surface area contributed by atoms with Gasteiger partial charge in [-0.3, -0.25) is 9.59 Å². The van der Waals surface area contributed by atoms with Crippen molar-refractivity contribution in [3.63, 3.8) is 0 Å². The largest absolute Gasteiger partial charge is 0.356 e. The zero-order valence-corrected chi connectivity index (χ0v) is 14.4. The first-order valence-corrected chi connectivity index (χ1v) is 8.78. The van der Waals surface area contributed by atoms with Crippen LogP contribution in [0.15, 0.2) is 24.4 Å². The van der Waals surface area contributed by atoms with Crippen LogP contribution < -0.4 is 10.2 Å². The molecule has 2 amide bonds. The monoisotopic (exact) mass is 330 g/mol. The molecule has 2 fully saturated rings. The Kier molecular flexibility index (Phi) is 5.02. The summed E-state index contributed by atoms with van der Waals surface area (Å²) < 4.78 is 0. The average molecular weight is 330 g/mol. The molecule has 2 unspecified atom stereocenters. The van der Waals surface area contributed by atoms with Crippen molar-refractivity contribution in [1.82, 2.24) is 15.2 Å². The van der Waals surface area contributed by atoms with Gasteiger partial charge in [0.2, 0.25) is 11.8 Å². The highest BCUT2D eigenvalue weighted by Crippen LogP contribution is 2.40. The molecule has 1 aliphatic heterocycles. The molecule has 1 aromatic rings. The Morgan fingerprint density at radius 3 is 2.58 bits per heavy atom. The molecule has 2 atom stereocenters. The SMILES string of the molecule is CC(C)CNC(=O)C1CC1C(=O)N1CCN(c2ccccn2)CC1.